The van der Waals surface area contributed by atoms with Crippen molar-refractivity contribution in [3.8, 4) is 11.8 Å². The lowest BCUT2D eigenvalue weighted by Crippen LogP contribution is -2.26. The number of rotatable bonds is 3. The van der Waals surface area contributed by atoms with Crippen molar-refractivity contribution in [3.63, 3.8) is 0 Å². The number of hydrogen-bond acceptors (Lipinski definition) is 6. The second-order valence-corrected chi connectivity index (χ2v) is 7.64. The summed E-state index contributed by atoms with van der Waals surface area (Å²) in [7, 11) is -3.92. The smallest absolute Gasteiger partial charge is 0.428 e. The number of sulfone groups is 1. The monoisotopic (exact) mass is 384 g/mol. The van der Waals surface area contributed by atoms with Gasteiger partial charge in [-0.1, -0.05) is 0 Å². The summed E-state index contributed by atoms with van der Waals surface area (Å²) in [6.45, 7) is 0. The number of benzene rings is 2. The van der Waals surface area contributed by atoms with Gasteiger partial charge in [0.25, 0.3) is 0 Å². The molecule has 1 unspecified atom stereocenters. The highest BCUT2D eigenvalue weighted by atomic mass is 32.2. The first-order valence-corrected chi connectivity index (χ1v) is 9.01. The van der Waals surface area contributed by atoms with Gasteiger partial charge < -0.3 is 15.2 Å². The van der Waals surface area contributed by atoms with E-state index in [0.29, 0.717) is 0 Å². The zero-order chi connectivity index (χ0) is 19.3. The summed E-state index contributed by atoms with van der Waals surface area (Å²) >= 11 is 0. The predicted molar refractivity (Wildman–Crippen MR) is 84.5 cm³/mol. The number of aliphatic hydroxyl groups is 1. The van der Waals surface area contributed by atoms with Crippen molar-refractivity contribution in [3.05, 3.63) is 47.3 Å². The van der Waals surface area contributed by atoms with Crippen molar-refractivity contribution < 1.29 is 31.4 Å². The standard InChI is InChI=1S/C16H11F3N2O4S/c1-26(23,24)12-3-2-11(14-13(12)15(22)16(18,19)25-14)21-10-5-8(7-20)4-9(17)6-10/h2-6,15,21-22H,1H3. The third-order valence-electron chi connectivity index (χ3n) is 3.69. The van der Waals surface area contributed by atoms with Crippen LogP contribution in [-0.4, -0.2) is 25.9 Å². The fourth-order valence-electron chi connectivity index (χ4n) is 2.61. The number of anilines is 2. The molecule has 0 spiro atoms. The zero-order valence-corrected chi connectivity index (χ0v) is 13.9. The largest absolute Gasteiger partial charge is 0.429 e. The SMILES string of the molecule is CS(=O)(=O)c1ccc(Nc2cc(F)cc(C#N)c2)c2c1C(O)C(F)(F)O2. The molecular weight excluding hydrogens is 373 g/mol. The summed E-state index contributed by atoms with van der Waals surface area (Å²) in [5.74, 6) is -1.30. The molecule has 0 bridgehead atoms. The topological polar surface area (TPSA) is 99.4 Å². The summed E-state index contributed by atoms with van der Waals surface area (Å²) in [6.07, 6.45) is -5.70. The van der Waals surface area contributed by atoms with Crippen molar-refractivity contribution >= 4 is 21.2 Å². The quantitative estimate of drug-likeness (QED) is 0.844. The van der Waals surface area contributed by atoms with Crippen LogP contribution >= 0.6 is 0 Å². The molecule has 0 aromatic heterocycles. The van der Waals surface area contributed by atoms with Gasteiger partial charge in [0, 0.05) is 11.9 Å². The first-order chi connectivity index (χ1) is 12.0. The second-order valence-electron chi connectivity index (χ2n) is 5.66. The van der Waals surface area contributed by atoms with Crippen molar-refractivity contribution in [1.82, 2.24) is 0 Å². The Hall–Kier alpha value is -2.77. The van der Waals surface area contributed by atoms with Gasteiger partial charge >= 0.3 is 6.11 Å². The highest BCUT2D eigenvalue weighted by molar-refractivity contribution is 7.90. The fourth-order valence-corrected chi connectivity index (χ4v) is 3.53. The van der Waals surface area contributed by atoms with Crippen molar-refractivity contribution in [2.24, 2.45) is 0 Å². The molecule has 3 rings (SSSR count). The van der Waals surface area contributed by atoms with Crippen LogP contribution in [0.15, 0.2) is 35.2 Å². The molecule has 0 saturated carbocycles. The Kier molecular flexibility index (Phi) is 4.09. The molecular formula is C16H11F3N2O4S. The highest BCUT2D eigenvalue weighted by Crippen LogP contribution is 2.51. The number of halogens is 3. The number of nitrogens with one attached hydrogen (secondary N) is 1. The van der Waals surface area contributed by atoms with Gasteiger partial charge in [-0.25, -0.2) is 12.8 Å². The van der Waals surface area contributed by atoms with Gasteiger partial charge in [0.1, 0.15) is 5.82 Å². The van der Waals surface area contributed by atoms with E-state index in [0.717, 1.165) is 30.5 Å². The van der Waals surface area contributed by atoms with E-state index >= 15 is 0 Å². The molecule has 0 fully saturated rings. The van der Waals surface area contributed by atoms with Crippen LogP contribution in [0.1, 0.15) is 17.2 Å². The van der Waals surface area contributed by atoms with Crippen LogP contribution in [0.3, 0.4) is 0 Å². The molecule has 2 aromatic rings. The van der Waals surface area contributed by atoms with Crippen LogP contribution < -0.4 is 10.1 Å². The maximum Gasteiger partial charge on any atom is 0.429 e. The van der Waals surface area contributed by atoms with E-state index in [2.05, 4.69) is 10.1 Å². The van der Waals surface area contributed by atoms with Crippen LogP contribution in [0, 0.1) is 17.1 Å². The van der Waals surface area contributed by atoms with Crippen LogP contribution in [0.2, 0.25) is 0 Å². The van der Waals surface area contributed by atoms with E-state index in [1.165, 1.54) is 6.07 Å². The summed E-state index contributed by atoms with van der Waals surface area (Å²) in [5.41, 5.74) is -0.648. The Morgan fingerprint density at radius 3 is 2.62 bits per heavy atom. The first-order valence-electron chi connectivity index (χ1n) is 7.12. The maximum atomic E-state index is 13.8. The molecule has 0 amide bonds. The Balaban J connectivity index is 2.15. The Morgan fingerprint density at radius 1 is 1.31 bits per heavy atom. The lowest BCUT2D eigenvalue weighted by atomic mass is 10.1. The van der Waals surface area contributed by atoms with Crippen LogP contribution in [-0.2, 0) is 9.84 Å². The van der Waals surface area contributed by atoms with Crippen molar-refractivity contribution in [2.75, 3.05) is 11.6 Å². The summed E-state index contributed by atoms with van der Waals surface area (Å²) in [5, 5.41) is 21.3. The lowest BCUT2D eigenvalue weighted by Gasteiger charge is -2.13. The Morgan fingerprint density at radius 2 is 2.00 bits per heavy atom. The summed E-state index contributed by atoms with van der Waals surface area (Å²) in [6, 6.07) is 7.20. The number of nitriles is 1. The Bertz CT molecular complexity index is 1050. The van der Waals surface area contributed by atoms with Gasteiger partial charge in [0.2, 0.25) is 0 Å². The summed E-state index contributed by atoms with van der Waals surface area (Å²) < 4.78 is 69.3. The third kappa shape index (κ3) is 3.07. The van der Waals surface area contributed by atoms with Crippen LogP contribution in [0.4, 0.5) is 24.5 Å². The van der Waals surface area contributed by atoms with Gasteiger partial charge in [-0.2, -0.15) is 14.0 Å². The van der Waals surface area contributed by atoms with E-state index in [4.69, 9.17) is 5.26 Å². The molecule has 26 heavy (non-hydrogen) atoms. The minimum absolute atomic E-state index is 0.0109. The molecule has 1 atom stereocenters. The first kappa shape index (κ1) is 18.0. The van der Waals surface area contributed by atoms with E-state index in [9.17, 15) is 26.7 Å². The van der Waals surface area contributed by atoms with E-state index in [1.807, 2.05) is 0 Å². The number of aliphatic hydroxyl groups excluding tert-OH is 1. The lowest BCUT2D eigenvalue weighted by molar-refractivity contribution is -0.224. The van der Waals surface area contributed by atoms with Crippen LogP contribution in [0.5, 0.6) is 5.75 Å². The number of ether oxygens (including phenoxy) is 1. The Labute approximate surface area is 146 Å². The van der Waals surface area contributed by atoms with Crippen molar-refractivity contribution in [2.45, 2.75) is 17.1 Å². The van der Waals surface area contributed by atoms with E-state index in [1.54, 1.807) is 6.07 Å². The van der Waals surface area contributed by atoms with Gasteiger partial charge in [0.05, 0.1) is 27.8 Å². The second kappa shape index (κ2) is 5.89. The summed E-state index contributed by atoms with van der Waals surface area (Å²) in [4.78, 5) is -0.500. The molecule has 0 radical (unpaired) electrons. The molecule has 0 saturated heterocycles. The maximum absolute atomic E-state index is 13.8. The van der Waals surface area contributed by atoms with Crippen LogP contribution in [0.25, 0.3) is 0 Å². The molecule has 2 aromatic carbocycles. The molecule has 10 heteroatoms. The average molecular weight is 384 g/mol. The number of nitrogens with zero attached hydrogens (tertiary/aromatic N) is 1. The van der Waals surface area contributed by atoms with Gasteiger partial charge in [0.15, 0.2) is 21.7 Å². The molecule has 136 valence electrons. The van der Waals surface area contributed by atoms with E-state index in [-0.39, 0.29) is 16.9 Å². The molecule has 1 aliphatic heterocycles. The molecule has 1 aliphatic rings. The van der Waals surface area contributed by atoms with Gasteiger partial charge in [-0.15, -0.1) is 0 Å². The number of fused-ring (bicyclic) bond motifs is 1. The molecule has 0 aliphatic carbocycles. The van der Waals surface area contributed by atoms with Crippen molar-refractivity contribution in [1.29, 1.82) is 5.26 Å². The highest BCUT2D eigenvalue weighted by Gasteiger charge is 2.52. The molecule has 6 nitrogen and oxygen atoms in total. The third-order valence-corrected chi connectivity index (χ3v) is 4.85. The number of hydrogen-bond donors (Lipinski definition) is 2. The average Bonchev–Trinajstić information content (AvgIpc) is 2.77. The molecule has 2 N–H and O–H groups in total. The molecule has 1 heterocycles. The van der Waals surface area contributed by atoms with Gasteiger partial charge in [-0.05, 0) is 30.3 Å². The number of alkyl halides is 2. The fraction of sp³-hybridized carbons (Fsp3) is 0.188. The zero-order valence-electron chi connectivity index (χ0n) is 13.1. The van der Waals surface area contributed by atoms with E-state index < -0.39 is 44.1 Å². The minimum Gasteiger partial charge on any atom is -0.428 e. The normalized spacial score (nSPS) is 17.9. The van der Waals surface area contributed by atoms with Gasteiger partial charge in [-0.3, -0.25) is 0 Å². The minimum atomic E-state index is -4.03. The predicted octanol–water partition coefficient (Wildman–Crippen LogP) is 2.86.